The number of benzene rings is 2. The number of anilines is 1. The van der Waals surface area contributed by atoms with Crippen LogP contribution in [0.2, 0.25) is 0 Å². The van der Waals surface area contributed by atoms with Crippen LogP contribution in [0.5, 0.6) is 0 Å². The second kappa shape index (κ2) is 8.52. The van der Waals surface area contributed by atoms with E-state index in [1.54, 1.807) is 23.1 Å². The quantitative estimate of drug-likeness (QED) is 0.691. The van der Waals surface area contributed by atoms with Gasteiger partial charge in [0.25, 0.3) is 11.8 Å². The maximum absolute atomic E-state index is 13.1. The van der Waals surface area contributed by atoms with E-state index < -0.39 is 0 Å². The number of rotatable bonds is 5. The van der Waals surface area contributed by atoms with Gasteiger partial charge in [-0.3, -0.25) is 9.59 Å². The number of nitrogens with one attached hydrogen (secondary N) is 1. The van der Waals surface area contributed by atoms with Gasteiger partial charge in [-0.25, -0.2) is 0 Å². The van der Waals surface area contributed by atoms with Crippen molar-refractivity contribution >= 4 is 46.2 Å². The smallest absolute Gasteiger partial charge is 0.256 e. The van der Waals surface area contributed by atoms with E-state index in [9.17, 15) is 9.59 Å². The van der Waals surface area contributed by atoms with Gasteiger partial charge in [0.2, 0.25) is 0 Å². The Morgan fingerprint density at radius 1 is 1.20 bits per heavy atom. The Kier molecular flexibility index (Phi) is 5.81. The van der Waals surface area contributed by atoms with Gasteiger partial charge in [-0.2, -0.15) is 0 Å². The summed E-state index contributed by atoms with van der Waals surface area (Å²) in [5.41, 5.74) is 10.0. The average Bonchev–Trinajstić information content (AvgIpc) is 3.06. The van der Waals surface area contributed by atoms with E-state index in [4.69, 9.17) is 29.6 Å². The highest BCUT2D eigenvalue weighted by Gasteiger charge is 2.31. The molecule has 0 spiro atoms. The summed E-state index contributed by atoms with van der Waals surface area (Å²) in [7, 11) is 0. The topological polar surface area (TPSA) is 75.4 Å². The number of hydrogen-bond acceptors (Lipinski definition) is 4. The summed E-state index contributed by atoms with van der Waals surface area (Å²) in [6.07, 6.45) is 3.78. The van der Waals surface area contributed by atoms with Crippen LogP contribution in [0.4, 0.5) is 5.69 Å². The Morgan fingerprint density at radius 3 is 2.77 bits per heavy atom. The van der Waals surface area contributed by atoms with Crippen molar-refractivity contribution < 1.29 is 9.59 Å². The molecule has 1 heterocycles. The first kappa shape index (κ1) is 20.5. The van der Waals surface area contributed by atoms with E-state index in [1.165, 1.54) is 0 Å². The van der Waals surface area contributed by atoms with Crippen LogP contribution in [0, 0.1) is 0 Å². The Balaban J connectivity index is 1.56. The third-order valence-corrected chi connectivity index (χ3v) is 5.82. The van der Waals surface area contributed by atoms with Crippen molar-refractivity contribution in [1.29, 1.82) is 0 Å². The molecule has 1 aliphatic heterocycles. The number of fused-ring (bicyclic) bond motifs is 1. The number of thiocarbonyl (C=S) groups is 1. The fourth-order valence-electron chi connectivity index (χ4n) is 3.69. The molecule has 0 bridgehead atoms. The van der Waals surface area contributed by atoms with Gasteiger partial charge in [-0.1, -0.05) is 66.3 Å². The fourth-order valence-corrected chi connectivity index (χ4v) is 4.11. The molecule has 2 amide bonds. The van der Waals surface area contributed by atoms with Gasteiger partial charge >= 0.3 is 0 Å². The minimum Gasteiger partial charge on any atom is -0.330 e. The first-order chi connectivity index (χ1) is 14.5. The predicted molar refractivity (Wildman–Crippen MR) is 122 cm³/mol. The summed E-state index contributed by atoms with van der Waals surface area (Å²) in [6, 6.07) is 13.4. The van der Waals surface area contributed by atoms with Crippen molar-refractivity contribution in [3.63, 3.8) is 0 Å². The number of allylic oxidation sites excluding steroid dienone is 3. The number of amides is 2. The Morgan fingerprint density at radius 2 is 1.97 bits per heavy atom. The SMILES string of the molecule is NCc1cccc(CN2Cc3cccc(NC(=O)C4=CC(Cl)=CCC4=S)c3C2=O)c1. The molecule has 4 rings (SSSR count). The molecule has 5 nitrogen and oxygen atoms in total. The average molecular weight is 438 g/mol. The molecule has 0 fully saturated rings. The molecule has 0 saturated heterocycles. The van der Waals surface area contributed by atoms with Gasteiger partial charge in [0, 0.05) is 36.0 Å². The molecule has 1 aliphatic carbocycles. The lowest BCUT2D eigenvalue weighted by molar-refractivity contribution is -0.112. The predicted octanol–water partition coefficient (Wildman–Crippen LogP) is 4.06. The molecule has 2 aromatic rings. The van der Waals surface area contributed by atoms with Crippen molar-refractivity contribution in [2.45, 2.75) is 26.1 Å². The largest absolute Gasteiger partial charge is 0.330 e. The highest BCUT2D eigenvalue weighted by molar-refractivity contribution is 7.81. The number of halogens is 1. The number of hydrogen-bond donors (Lipinski definition) is 2. The van der Waals surface area contributed by atoms with Gasteiger partial charge in [-0.15, -0.1) is 0 Å². The molecule has 152 valence electrons. The third kappa shape index (κ3) is 4.07. The first-order valence-electron chi connectivity index (χ1n) is 9.57. The van der Waals surface area contributed by atoms with E-state index in [2.05, 4.69) is 5.32 Å². The van der Waals surface area contributed by atoms with Crippen LogP contribution in [-0.2, 0) is 24.4 Å². The normalized spacial score (nSPS) is 15.6. The maximum atomic E-state index is 13.1. The Labute approximate surface area is 185 Å². The van der Waals surface area contributed by atoms with Crippen LogP contribution in [0.15, 0.2) is 65.2 Å². The molecule has 0 atom stereocenters. The van der Waals surface area contributed by atoms with Crippen LogP contribution in [0.3, 0.4) is 0 Å². The highest BCUT2D eigenvalue weighted by atomic mass is 35.5. The van der Waals surface area contributed by atoms with Crippen molar-refractivity contribution in [2.24, 2.45) is 5.73 Å². The number of nitrogens with zero attached hydrogens (tertiary/aromatic N) is 1. The maximum Gasteiger partial charge on any atom is 0.256 e. The fraction of sp³-hybridized carbons (Fsp3) is 0.174. The van der Waals surface area contributed by atoms with Crippen molar-refractivity contribution in [2.75, 3.05) is 5.32 Å². The van der Waals surface area contributed by atoms with Gasteiger partial charge in [-0.05, 0) is 28.8 Å². The molecule has 30 heavy (non-hydrogen) atoms. The van der Waals surface area contributed by atoms with Crippen LogP contribution >= 0.6 is 23.8 Å². The van der Waals surface area contributed by atoms with Crippen molar-refractivity contribution in [3.8, 4) is 0 Å². The molecule has 2 aliphatic rings. The van der Waals surface area contributed by atoms with E-state index in [-0.39, 0.29) is 11.8 Å². The molecule has 0 aromatic heterocycles. The summed E-state index contributed by atoms with van der Waals surface area (Å²) in [6.45, 7) is 1.42. The first-order valence-corrected chi connectivity index (χ1v) is 10.4. The summed E-state index contributed by atoms with van der Waals surface area (Å²) in [4.78, 5) is 28.2. The van der Waals surface area contributed by atoms with Crippen molar-refractivity contribution in [3.05, 3.63) is 87.5 Å². The summed E-state index contributed by atoms with van der Waals surface area (Å²) in [5.74, 6) is -0.473. The molecule has 0 unspecified atom stereocenters. The summed E-state index contributed by atoms with van der Waals surface area (Å²) >= 11 is 11.3. The zero-order chi connectivity index (χ0) is 21.3. The minimum absolute atomic E-state index is 0.114. The van der Waals surface area contributed by atoms with Gasteiger partial charge < -0.3 is 16.0 Å². The minimum atomic E-state index is -0.360. The summed E-state index contributed by atoms with van der Waals surface area (Å²) < 4.78 is 0. The second-order valence-electron chi connectivity index (χ2n) is 7.25. The number of carbonyl (C=O) groups is 2. The number of carbonyl (C=O) groups excluding carboxylic acids is 2. The monoisotopic (exact) mass is 437 g/mol. The second-order valence-corrected chi connectivity index (χ2v) is 8.18. The van der Waals surface area contributed by atoms with E-state index in [0.29, 0.717) is 52.8 Å². The lowest BCUT2D eigenvalue weighted by Crippen LogP contribution is -2.25. The standard InChI is InChI=1S/C23H20ClN3O2S/c24-17-7-8-20(30)18(10-17)22(28)26-19-6-2-5-16-13-27(23(29)21(16)19)12-15-4-1-3-14(9-15)11-25/h1-7,9-10H,8,11-13,25H2,(H,26,28). The zero-order valence-corrected chi connectivity index (χ0v) is 17.7. The van der Waals surface area contributed by atoms with Gasteiger partial charge in [0.1, 0.15) is 0 Å². The van der Waals surface area contributed by atoms with E-state index in [0.717, 1.165) is 16.7 Å². The highest BCUT2D eigenvalue weighted by Crippen LogP contribution is 2.31. The molecular formula is C23H20ClN3O2S. The van der Waals surface area contributed by atoms with E-state index >= 15 is 0 Å². The molecular weight excluding hydrogens is 418 g/mol. The molecule has 0 saturated carbocycles. The lowest BCUT2D eigenvalue weighted by Gasteiger charge is -2.17. The van der Waals surface area contributed by atoms with Crippen LogP contribution in [0.1, 0.15) is 33.5 Å². The molecule has 3 N–H and O–H groups in total. The lowest BCUT2D eigenvalue weighted by atomic mass is 10.0. The van der Waals surface area contributed by atoms with Crippen molar-refractivity contribution in [1.82, 2.24) is 4.90 Å². The Bertz CT molecular complexity index is 1120. The molecule has 7 heteroatoms. The molecule has 2 aromatic carbocycles. The van der Waals surface area contributed by atoms with Crippen LogP contribution in [0.25, 0.3) is 0 Å². The van der Waals surface area contributed by atoms with Crippen LogP contribution in [-0.4, -0.2) is 21.6 Å². The Hall–Kier alpha value is -2.80. The number of nitrogens with two attached hydrogens (primary N) is 1. The zero-order valence-electron chi connectivity index (χ0n) is 16.2. The van der Waals surface area contributed by atoms with Gasteiger partial charge in [0.05, 0.1) is 16.8 Å². The van der Waals surface area contributed by atoms with E-state index in [1.807, 2.05) is 36.4 Å². The molecule has 0 radical (unpaired) electrons. The third-order valence-electron chi connectivity index (χ3n) is 5.17. The summed E-state index contributed by atoms with van der Waals surface area (Å²) in [5, 5.41) is 3.33. The van der Waals surface area contributed by atoms with Gasteiger partial charge in [0.15, 0.2) is 0 Å². The van der Waals surface area contributed by atoms with Crippen LogP contribution < -0.4 is 11.1 Å².